The maximum atomic E-state index is 13.6. The third-order valence-electron chi connectivity index (χ3n) is 3.79. The van der Waals surface area contributed by atoms with Gasteiger partial charge in [0.1, 0.15) is 17.5 Å². The normalized spacial score (nSPS) is 26.1. The van der Waals surface area contributed by atoms with Gasteiger partial charge in [-0.3, -0.25) is 0 Å². The Kier molecular flexibility index (Phi) is 4.21. The molecule has 2 rings (SSSR count). The fourth-order valence-electron chi connectivity index (χ4n) is 2.63. The summed E-state index contributed by atoms with van der Waals surface area (Å²) >= 11 is 6.19. The highest BCUT2D eigenvalue weighted by Crippen LogP contribution is 2.42. The first-order valence-electron chi connectivity index (χ1n) is 6.27. The summed E-state index contributed by atoms with van der Waals surface area (Å²) in [5, 5.41) is -0.710. The zero-order valence-electron chi connectivity index (χ0n) is 10.2. The van der Waals surface area contributed by atoms with Crippen molar-refractivity contribution in [2.24, 2.45) is 11.8 Å². The highest BCUT2D eigenvalue weighted by molar-refractivity contribution is 6.21. The van der Waals surface area contributed by atoms with Crippen molar-refractivity contribution in [1.29, 1.82) is 0 Å². The highest BCUT2D eigenvalue weighted by atomic mass is 35.5. The number of rotatable bonds is 2. The summed E-state index contributed by atoms with van der Waals surface area (Å²) in [6.07, 6.45) is 3.79. The zero-order chi connectivity index (χ0) is 13.3. The number of benzene rings is 1. The average Bonchev–Trinajstić information content (AvgIpc) is 2.28. The van der Waals surface area contributed by atoms with Crippen molar-refractivity contribution in [3.05, 3.63) is 35.1 Å². The molecule has 0 N–H and O–H groups in total. The molecule has 0 heterocycles. The maximum Gasteiger partial charge on any atom is 0.133 e. The van der Waals surface area contributed by atoms with E-state index >= 15 is 0 Å². The predicted octanol–water partition coefficient (Wildman–Crippen LogP) is 5.21. The second-order valence-corrected chi connectivity index (χ2v) is 5.68. The molecule has 1 fully saturated rings. The van der Waals surface area contributed by atoms with Crippen molar-refractivity contribution < 1.29 is 13.2 Å². The molecule has 0 aliphatic heterocycles. The Morgan fingerprint density at radius 1 is 1.06 bits per heavy atom. The quantitative estimate of drug-likeness (QED) is 0.651. The molecule has 0 nitrogen and oxygen atoms in total. The summed E-state index contributed by atoms with van der Waals surface area (Å²) in [5.41, 5.74) is -0.183. The fourth-order valence-corrected chi connectivity index (χ4v) is 3.09. The molecule has 1 aromatic carbocycles. The van der Waals surface area contributed by atoms with Crippen molar-refractivity contribution >= 4 is 11.6 Å². The Hall–Kier alpha value is -0.700. The molecular formula is C14H16ClF3. The van der Waals surface area contributed by atoms with Crippen molar-refractivity contribution in [2.75, 3.05) is 0 Å². The molecular weight excluding hydrogens is 261 g/mol. The van der Waals surface area contributed by atoms with Crippen LogP contribution in [0, 0.1) is 29.3 Å². The van der Waals surface area contributed by atoms with E-state index in [1.807, 2.05) is 0 Å². The van der Waals surface area contributed by atoms with E-state index in [1.54, 1.807) is 0 Å². The van der Waals surface area contributed by atoms with Gasteiger partial charge in [0.05, 0.1) is 5.38 Å². The van der Waals surface area contributed by atoms with Crippen LogP contribution in [-0.4, -0.2) is 0 Å². The first-order valence-corrected chi connectivity index (χ1v) is 6.71. The van der Waals surface area contributed by atoms with E-state index in [-0.39, 0.29) is 11.5 Å². The number of alkyl halides is 1. The fraction of sp³-hybridized carbons (Fsp3) is 0.571. The molecule has 0 bridgehead atoms. The lowest BCUT2D eigenvalue weighted by Crippen LogP contribution is -2.18. The molecule has 0 saturated heterocycles. The molecule has 0 spiro atoms. The predicted molar refractivity (Wildman–Crippen MR) is 66.0 cm³/mol. The largest absolute Gasteiger partial charge is 0.207 e. The van der Waals surface area contributed by atoms with E-state index in [1.165, 1.54) is 0 Å². The smallest absolute Gasteiger partial charge is 0.133 e. The van der Waals surface area contributed by atoms with Crippen LogP contribution in [0.1, 0.15) is 43.5 Å². The topological polar surface area (TPSA) is 0 Å². The number of hydrogen-bond donors (Lipinski definition) is 0. The lowest BCUT2D eigenvalue weighted by Gasteiger charge is -2.30. The van der Waals surface area contributed by atoms with Crippen LogP contribution in [0.15, 0.2) is 12.1 Å². The average molecular weight is 277 g/mol. The molecule has 1 aliphatic carbocycles. The van der Waals surface area contributed by atoms with Crippen LogP contribution in [0.5, 0.6) is 0 Å². The van der Waals surface area contributed by atoms with E-state index in [0.29, 0.717) is 18.1 Å². The monoisotopic (exact) mass is 276 g/mol. The third-order valence-corrected chi connectivity index (χ3v) is 4.37. The molecule has 4 heteroatoms. The van der Waals surface area contributed by atoms with Gasteiger partial charge in [0.25, 0.3) is 0 Å². The second kappa shape index (κ2) is 5.52. The van der Waals surface area contributed by atoms with Crippen LogP contribution >= 0.6 is 11.6 Å². The second-order valence-electron chi connectivity index (χ2n) is 5.20. The van der Waals surface area contributed by atoms with Crippen LogP contribution in [0.25, 0.3) is 0 Å². The lowest BCUT2D eigenvalue weighted by atomic mass is 9.79. The standard InChI is InChI=1S/C14H16ClF3/c1-8-2-4-9(5-3-8)14(15)13-11(17)6-10(16)7-12(13)18/h6-9,14H,2-5H2,1H3. The molecule has 1 aliphatic rings. The van der Waals surface area contributed by atoms with Crippen LogP contribution in [0.2, 0.25) is 0 Å². The van der Waals surface area contributed by atoms with Gasteiger partial charge in [0.2, 0.25) is 0 Å². The Bertz CT molecular complexity index is 402. The summed E-state index contributed by atoms with van der Waals surface area (Å²) in [6, 6.07) is 1.39. The highest BCUT2D eigenvalue weighted by Gasteiger charge is 2.29. The molecule has 0 amide bonds. The maximum absolute atomic E-state index is 13.6. The first-order chi connectivity index (χ1) is 8.49. The van der Waals surface area contributed by atoms with Gasteiger partial charge in [-0.2, -0.15) is 0 Å². The summed E-state index contributed by atoms with van der Waals surface area (Å²) in [6.45, 7) is 2.17. The lowest BCUT2D eigenvalue weighted by molar-refractivity contribution is 0.279. The minimum absolute atomic E-state index is 0.0670. The van der Waals surface area contributed by atoms with Gasteiger partial charge >= 0.3 is 0 Å². The molecule has 1 saturated carbocycles. The molecule has 100 valence electrons. The summed E-state index contributed by atoms with van der Waals surface area (Å²) in [5.74, 6) is -1.96. The minimum atomic E-state index is -0.908. The summed E-state index contributed by atoms with van der Waals surface area (Å²) < 4.78 is 40.1. The van der Waals surface area contributed by atoms with E-state index in [2.05, 4.69) is 6.92 Å². The molecule has 0 aromatic heterocycles. The summed E-state index contributed by atoms with van der Waals surface area (Å²) in [4.78, 5) is 0. The zero-order valence-corrected chi connectivity index (χ0v) is 11.0. The van der Waals surface area contributed by atoms with Gasteiger partial charge in [-0.25, -0.2) is 13.2 Å². The molecule has 18 heavy (non-hydrogen) atoms. The number of hydrogen-bond acceptors (Lipinski definition) is 0. The van der Waals surface area contributed by atoms with Gasteiger partial charge in [-0.1, -0.05) is 19.8 Å². The number of halogens is 4. The van der Waals surface area contributed by atoms with Gasteiger partial charge in [0.15, 0.2) is 0 Å². The molecule has 1 atom stereocenters. The Labute approximate surface area is 110 Å². The van der Waals surface area contributed by atoms with Crippen LogP contribution in [0.4, 0.5) is 13.2 Å². The van der Waals surface area contributed by atoms with Gasteiger partial charge in [-0.05, 0) is 24.7 Å². The molecule has 1 unspecified atom stereocenters. The van der Waals surface area contributed by atoms with Gasteiger partial charge in [0, 0.05) is 17.7 Å². The van der Waals surface area contributed by atoms with E-state index in [4.69, 9.17) is 11.6 Å². The van der Waals surface area contributed by atoms with Gasteiger partial charge < -0.3 is 0 Å². The van der Waals surface area contributed by atoms with E-state index in [0.717, 1.165) is 25.7 Å². The Balaban J connectivity index is 2.21. The third kappa shape index (κ3) is 2.82. The van der Waals surface area contributed by atoms with Crippen LogP contribution in [0.3, 0.4) is 0 Å². The van der Waals surface area contributed by atoms with Crippen molar-refractivity contribution in [3.63, 3.8) is 0 Å². The van der Waals surface area contributed by atoms with Gasteiger partial charge in [-0.15, -0.1) is 11.6 Å². The Morgan fingerprint density at radius 2 is 1.56 bits per heavy atom. The minimum Gasteiger partial charge on any atom is -0.207 e. The Morgan fingerprint density at radius 3 is 2.06 bits per heavy atom. The first kappa shape index (κ1) is 13.7. The van der Waals surface area contributed by atoms with E-state index < -0.39 is 22.8 Å². The van der Waals surface area contributed by atoms with Crippen molar-refractivity contribution in [2.45, 2.75) is 38.0 Å². The van der Waals surface area contributed by atoms with E-state index in [9.17, 15) is 13.2 Å². The summed E-state index contributed by atoms with van der Waals surface area (Å²) in [7, 11) is 0. The van der Waals surface area contributed by atoms with Crippen LogP contribution in [-0.2, 0) is 0 Å². The SMILES string of the molecule is CC1CCC(C(Cl)c2c(F)cc(F)cc2F)CC1. The molecule has 0 radical (unpaired) electrons. The van der Waals surface area contributed by atoms with Crippen molar-refractivity contribution in [3.8, 4) is 0 Å². The van der Waals surface area contributed by atoms with Crippen molar-refractivity contribution in [1.82, 2.24) is 0 Å². The molecule has 1 aromatic rings. The van der Waals surface area contributed by atoms with Crippen LogP contribution < -0.4 is 0 Å².